The molecular weight excluding hydrogens is 273 g/mol. The molecule has 0 aromatic heterocycles. The minimum absolute atomic E-state index is 0.0611. The van der Waals surface area contributed by atoms with Crippen LogP contribution in [0.4, 0.5) is 4.39 Å². The van der Waals surface area contributed by atoms with E-state index in [0.717, 1.165) is 24.2 Å². The van der Waals surface area contributed by atoms with Crippen LogP contribution in [0.5, 0.6) is 0 Å². The fourth-order valence-electron chi connectivity index (χ4n) is 2.93. The van der Waals surface area contributed by atoms with Crippen LogP contribution in [-0.4, -0.2) is 24.5 Å². The molecular formula is C16H22FNOS. The summed E-state index contributed by atoms with van der Waals surface area (Å²) in [6.45, 7) is 4.90. The molecule has 0 radical (unpaired) electrons. The molecule has 1 aliphatic rings. The van der Waals surface area contributed by atoms with Crippen LogP contribution >= 0.6 is 11.8 Å². The maximum absolute atomic E-state index is 13.1. The predicted octanol–water partition coefficient (Wildman–Crippen LogP) is 3.36. The molecule has 20 heavy (non-hydrogen) atoms. The summed E-state index contributed by atoms with van der Waals surface area (Å²) < 4.78 is 13.1. The zero-order chi connectivity index (χ0) is 14.8. The summed E-state index contributed by atoms with van der Waals surface area (Å²) in [4.78, 5) is 12.6. The van der Waals surface area contributed by atoms with E-state index in [-0.39, 0.29) is 17.1 Å². The largest absolute Gasteiger partial charge is 0.355 e. The van der Waals surface area contributed by atoms with Crippen LogP contribution in [0.25, 0.3) is 0 Å². The Balaban J connectivity index is 2.11. The molecule has 0 saturated heterocycles. The van der Waals surface area contributed by atoms with Crippen molar-refractivity contribution in [3.63, 3.8) is 0 Å². The number of hydrogen-bond donors (Lipinski definition) is 1. The number of amides is 1. The first-order chi connectivity index (χ1) is 9.44. The fourth-order valence-corrected chi connectivity index (χ4v) is 3.37. The van der Waals surface area contributed by atoms with Crippen LogP contribution in [0.1, 0.15) is 32.3 Å². The van der Waals surface area contributed by atoms with Crippen LogP contribution in [-0.2, 0) is 10.2 Å². The van der Waals surface area contributed by atoms with E-state index in [9.17, 15) is 9.18 Å². The smallest absolute Gasteiger partial charge is 0.231 e. The van der Waals surface area contributed by atoms with Crippen molar-refractivity contribution in [3.8, 4) is 0 Å². The van der Waals surface area contributed by atoms with Gasteiger partial charge in [0.05, 0.1) is 5.41 Å². The van der Waals surface area contributed by atoms with E-state index in [1.54, 1.807) is 23.9 Å². The van der Waals surface area contributed by atoms with E-state index >= 15 is 0 Å². The number of halogens is 1. The summed E-state index contributed by atoms with van der Waals surface area (Å²) in [5, 5.41) is 3.04. The molecule has 2 rings (SSSR count). The number of hydrogen-bond acceptors (Lipinski definition) is 2. The Kier molecular flexibility index (Phi) is 4.43. The molecule has 1 atom stereocenters. The van der Waals surface area contributed by atoms with Gasteiger partial charge in [-0.15, -0.1) is 0 Å². The molecule has 1 aliphatic carbocycles. The molecule has 2 nitrogen and oxygen atoms in total. The lowest BCUT2D eigenvalue weighted by Crippen LogP contribution is -2.38. The quantitative estimate of drug-likeness (QED) is 0.815. The van der Waals surface area contributed by atoms with Crippen molar-refractivity contribution in [2.45, 2.75) is 32.1 Å². The van der Waals surface area contributed by atoms with Crippen molar-refractivity contribution in [1.29, 1.82) is 0 Å². The standard InChI is InChI=1S/C16H22FNOS/c1-15(2)11-16(15,12-5-7-13(17)8-6-12)14(19)18-9-4-10-20-3/h5-8H,4,9-11H2,1-3H3,(H,18,19)/t16-/m0/s1. The third-order valence-electron chi connectivity index (χ3n) is 4.27. The zero-order valence-electron chi connectivity index (χ0n) is 12.3. The van der Waals surface area contributed by atoms with E-state index in [1.165, 1.54) is 12.1 Å². The third-order valence-corrected chi connectivity index (χ3v) is 4.97. The second-order valence-electron chi connectivity index (χ2n) is 6.08. The van der Waals surface area contributed by atoms with Gasteiger partial charge in [0.25, 0.3) is 0 Å². The summed E-state index contributed by atoms with van der Waals surface area (Å²) in [7, 11) is 0. The van der Waals surface area contributed by atoms with E-state index in [0.29, 0.717) is 6.54 Å². The van der Waals surface area contributed by atoms with Gasteiger partial charge in [-0.1, -0.05) is 26.0 Å². The molecule has 4 heteroatoms. The third kappa shape index (κ3) is 2.71. The van der Waals surface area contributed by atoms with E-state index in [1.807, 2.05) is 0 Å². The second-order valence-corrected chi connectivity index (χ2v) is 7.06. The highest BCUT2D eigenvalue weighted by Gasteiger charge is 2.66. The topological polar surface area (TPSA) is 29.1 Å². The molecule has 1 aromatic rings. The summed E-state index contributed by atoms with van der Waals surface area (Å²) >= 11 is 1.78. The molecule has 1 saturated carbocycles. The van der Waals surface area contributed by atoms with Crippen LogP contribution < -0.4 is 5.32 Å². The fraction of sp³-hybridized carbons (Fsp3) is 0.562. The molecule has 0 bridgehead atoms. The monoisotopic (exact) mass is 295 g/mol. The maximum Gasteiger partial charge on any atom is 0.231 e. The van der Waals surface area contributed by atoms with Crippen LogP contribution in [0, 0.1) is 11.2 Å². The zero-order valence-corrected chi connectivity index (χ0v) is 13.1. The Labute approximate surface area is 124 Å². The van der Waals surface area contributed by atoms with Gasteiger partial charge in [0.2, 0.25) is 5.91 Å². The minimum atomic E-state index is -0.486. The second kappa shape index (κ2) is 5.76. The van der Waals surface area contributed by atoms with Gasteiger partial charge in [-0.05, 0) is 48.0 Å². The summed E-state index contributed by atoms with van der Waals surface area (Å²) in [6.07, 6.45) is 3.86. The van der Waals surface area contributed by atoms with E-state index in [4.69, 9.17) is 0 Å². The number of carbonyl (C=O) groups excluding carboxylic acids is 1. The minimum Gasteiger partial charge on any atom is -0.355 e. The van der Waals surface area contributed by atoms with Crippen molar-refractivity contribution < 1.29 is 9.18 Å². The number of rotatable bonds is 6. The molecule has 1 aromatic carbocycles. The lowest BCUT2D eigenvalue weighted by Gasteiger charge is -2.20. The summed E-state index contributed by atoms with van der Waals surface area (Å²) in [6, 6.07) is 6.36. The van der Waals surface area contributed by atoms with Gasteiger partial charge in [0, 0.05) is 6.54 Å². The first kappa shape index (κ1) is 15.4. The van der Waals surface area contributed by atoms with Crippen molar-refractivity contribution in [2.75, 3.05) is 18.6 Å². The van der Waals surface area contributed by atoms with Crippen molar-refractivity contribution in [1.82, 2.24) is 5.32 Å². The Morgan fingerprint density at radius 3 is 2.45 bits per heavy atom. The van der Waals surface area contributed by atoms with Crippen molar-refractivity contribution in [2.24, 2.45) is 5.41 Å². The molecule has 1 amide bonds. The molecule has 110 valence electrons. The number of nitrogens with one attached hydrogen (secondary N) is 1. The Hall–Kier alpha value is -1.03. The first-order valence-electron chi connectivity index (χ1n) is 6.97. The van der Waals surface area contributed by atoms with Crippen molar-refractivity contribution in [3.05, 3.63) is 35.6 Å². The lowest BCUT2D eigenvalue weighted by atomic mass is 9.87. The normalized spacial score (nSPS) is 23.4. The van der Waals surface area contributed by atoms with Crippen LogP contribution in [0.2, 0.25) is 0 Å². The average molecular weight is 295 g/mol. The number of carbonyl (C=O) groups is 1. The molecule has 1 fully saturated rings. The Bertz CT molecular complexity index is 486. The maximum atomic E-state index is 13.1. The van der Waals surface area contributed by atoms with Crippen LogP contribution in [0.3, 0.4) is 0 Å². The summed E-state index contributed by atoms with van der Waals surface area (Å²) in [5.41, 5.74) is 0.375. The molecule has 0 spiro atoms. The summed E-state index contributed by atoms with van der Waals surface area (Å²) in [5.74, 6) is 0.866. The highest BCUT2D eigenvalue weighted by atomic mass is 32.2. The van der Waals surface area contributed by atoms with Gasteiger partial charge in [0.15, 0.2) is 0 Å². The molecule has 0 aliphatic heterocycles. The van der Waals surface area contributed by atoms with E-state index in [2.05, 4.69) is 25.4 Å². The van der Waals surface area contributed by atoms with Crippen molar-refractivity contribution >= 4 is 17.7 Å². The van der Waals surface area contributed by atoms with Gasteiger partial charge in [-0.2, -0.15) is 11.8 Å². The van der Waals surface area contributed by atoms with Gasteiger partial charge in [-0.25, -0.2) is 4.39 Å². The van der Waals surface area contributed by atoms with Crippen LogP contribution in [0.15, 0.2) is 24.3 Å². The van der Waals surface area contributed by atoms with E-state index < -0.39 is 5.41 Å². The van der Waals surface area contributed by atoms with Gasteiger partial charge < -0.3 is 5.32 Å². The first-order valence-corrected chi connectivity index (χ1v) is 8.37. The lowest BCUT2D eigenvalue weighted by molar-refractivity contribution is -0.124. The highest BCUT2D eigenvalue weighted by molar-refractivity contribution is 7.98. The number of benzene rings is 1. The van der Waals surface area contributed by atoms with Gasteiger partial charge >= 0.3 is 0 Å². The molecule has 1 N–H and O–H groups in total. The molecule has 0 unspecified atom stereocenters. The Morgan fingerprint density at radius 1 is 1.35 bits per heavy atom. The number of thioether (sulfide) groups is 1. The Morgan fingerprint density at radius 2 is 1.95 bits per heavy atom. The highest BCUT2D eigenvalue weighted by Crippen LogP contribution is 2.64. The van der Waals surface area contributed by atoms with Gasteiger partial charge in [0.1, 0.15) is 5.82 Å². The molecule has 0 heterocycles. The SMILES string of the molecule is CSCCCNC(=O)[C@@]1(c2ccc(F)cc2)CC1(C)C. The average Bonchev–Trinajstić information content (AvgIpc) is 3.00. The van der Waals surface area contributed by atoms with Gasteiger partial charge in [-0.3, -0.25) is 4.79 Å². The predicted molar refractivity (Wildman–Crippen MR) is 82.5 cm³/mol.